The minimum Gasteiger partial charge on any atom is -0.481 e. The topological polar surface area (TPSA) is 37.3 Å². The van der Waals surface area contributed by atoms with Crippen LogP contribution in [0.5, 0.6) is 0 Å². The molecule has 15 heteroatoms. The van der Waals surface area contributed by atoms with Gasteiger partial charge in [-0.05, 0) is 12.5 Å². The first-order valence-electron chi connectivity index (χ1n) is 7.36. The van der Waals surface area contributed by atoms with Gasteiger partial charge in [0.1, 0.15) is 0 Å². The van der Waals surface area contributed by atoms with E-state index in [2.05, 4.69) is 0 Å². The Bertz CT molecular complexity index is 781. The second kappa shape index (κ2) is 7.18. The summed E-state index contributed by atoms with van der Waals surface area (Å²) in [6, 6.07) is 0.662. The van der Waals surface area contributed by atoms with E-state index in [1.165, 1.54) is 0 Å². The predicted octanol–water partition coefficient (Wildman–Crippen LogP) is 6.07. The maximum atomic E-state index is 13.9. The van der Waals surface area contributed by atoms with Gasteiger partial charge in [0.2, 0.25) is 0 Å². The summed E-state index contributed by atoms with van der Waals surface area (Å²) in [6.45, 7) is 0.998. The fourth-order valence-electron chi connectivity index (χ4n) is 2.07. The third-order valence-corrected chi connectivity index (χ3v) is 4.08. The number of alkyl halides is 13. The summed E-state index contributed by atoms with van der Waals surface area (Å²) in [4.78, 5) is 10.7. The Morgan fingerprint density at radius 2 is 1.07 bits per heavy atom. The van der Waals surface area contributed by atoms with E-state index in [0.29, 0.717) is 12.1 Å². The minimum atomic E-state index is -7.97. The molecule has 0 aliphatic carbocycles. The van der Waals surface area contributed by atoms with E-state index in [-0.39, 0.29) is 17.7 Å². The Labute approximate surface area is 158 Å². The van der Waals surface area contributed by atoms with E-state index >= 15 is 0 Å². The van der Waals surface area contributed by atoms with Gasteiger partial charge in [0.25, 0.3) is 0 Å². The molecule has 0 fully saturated rings. The predicted molar refractivity (Wildman–Crippen MR) is 72.2 cm³/mol. The maximum Gasteiger partial charge on any atom is 0.460 e. The molecule has 0 aromatic heterocycles. The first kappa shape index (κ1) is 25.8. The first-order valence-corrected chi connectivity index (χ1v) is 7.36. The summed E-state index contributed by atoms with van der Waals surface area (Å²) in [7, 11) is 0. The lowest BCUT2D eigenvalue weighted by atomic mass is 9.89. The van der Waals surface area contributed by atoms with Gasteiger partial charge in [-0.1, -0.05) is 24.3 Å². The van der Waals surface area contributed by atoms with Crippen molar-refractivity contribution in [2.24, 2.45) is 0 Å². The summed E-state index contributed by atoms with van der Waals surface area (Å²) >= 11 is 0. The standard InChI is InChI=1S/C15H9F13O2/c1-6(9(29)30)7-2-4-8(5-3-7)10(16,17)11(18,19)12(20,21)13(22,23)14(24,25)15(26,27)28/h2-6H,1H3,(H,29,30). The van der Waals surface area contributed by atoms with Gasteiger partial charge in [-0.15, -0.1) is 0 Å². The summed E-state index contributed by atoms with van der Waals surface area (Å²) in [5.41, 5.74) is -2.49. The van der Waals surface area contributed by atoms with Crippen LogP contribution >= 0.6 is 0 Å². The molecule has 1 atom stereocenters. The highest BCUT2D eigenvalue weighted by Crippen LogP contribution is 2.62. The number of carboxylic acids is 1. The molecule has 30 heavy (non-hydrogen) atoms. The molecular formula is C15H9F13O2. The Hall–Kier alpha value is -2.22. The largest absolute Gasteiger partial charge is 0.481 e. The van der Waals surface area contributed by atoms with E-state index < -0.39 is 53.2 Å². The molecule has 1 unspecified atom stereocenters. The molecule has 172 valence electrons. The number of carbonyl (C=O) groups is 1. The molecular weight excluding hydrogens is 459 g/mol. The zero-order valence-electron chi connectivity index (χ0n) is 14.2. The number of hydrogen-bond donors (Lipinski definition) is 1. The highest BCUT2D eigenvalue weighted by atomic mass is 19.4. The number of halogens is 13. The summed E-state index contributed by atoms with van der Waals surface area (Å²) < 4.78 is 170. The quantitative estimate of drug-likeness (QED) is 0.494. The van der Waals surface area contributed by atoms with Crippen LogP contribution in [0.3, 0.4) is 0 Å². The Morgan fingerprint density at radius 3 is 1.40 bits per heavy atom. The number of hydrogen-bond acceptors (Lipinski definition) is 1. The Balaban J connectivity index is 3.51. The van der Waals surface area contributed by atoms with Crippen molar-refractivity contribution in [3.8, 4) is 0 Å². The highest BCUT2D eigenvalue weighted by Gasteiger charge is 2.90. The van der Waals surface area contributed by atoms with Gasteiger partial charge in [0, 0.05) is 5.56 Å². The summed E-state index contributed by atoms with van der Waals surface area (Å²) in [6.07, 6.45) is -7.47. The van der Waals surface area contributed by atoms with Crippen molar-refractivity contribution in [1.82, 2.24) is 0 Å². The molecule has 1 aromatic carbocycles. The molecule has 0 aliphatic rings. The van der Waals surface area contributed by atoms with Crippen molar-refractivity contribution < 1.29 is 67.0 Å². The van der Waals surface area contributed by atoms with E-state index in [1.54, 1.807) is 0 Å². The second-order valence-corrected chi connectivity index (χ2v) is 6.05. The maximum absolute atomic E-state index is 13.9. The van der Waals surface area contributed by atoms with Gasteiger partial charge in [-0.2, -0.15) is 57.1 Å². The van der Waals surface area contributed by atoms with Crippen molar-refractivity contribution >= 4 is 5.97 Å². The lowest BCUT2D eigenvalue weighted by molar-refractivity contribution is -0.441. The first-order chi connectivity index (χ1) is 13.1. The van der Waals surface area contributed by atoms with Crippen LogP contribution in [0, 0.1) is 0 Å². The Kier molecular flexibility index (Phi) is 6.18. The molecule has 1 rings (SSSR count). The van der Waals surface area contributed by atoms with Crippen LogP contribution in [0.2, 0.25) is 0 Å². The van der Waals surface area contributed by atoms with Crippen LogP contribution in [0.15, 0.2) is 24.3 Å². The third-order valence-electron chi connectivity index (χ3n) is 4.08. The zero-order chi connectivity index (χ0) is 24.1. The van der Waals surface area contributed by atoms with Crippen LogP contribution in [-0.4, -0.2) is 40.9 Å². The van der Waals surface area contributed by atoms with Crippen LogP contribution in [0.25, 0.3) is 0 Å². The van der Waals surface area contributed by atoms with Gasteiger partial charge < -0.3 is 5.11 Å². The molecule has 0 heterocycles. The SMILES string of the molecule is CC(C(=O)O)c1ccc(C(F)(F)C(F)(F)C(F)(F)C(F)(F)C(F)(F)C(F)(F)F)cc1. The Morgan fingerprint density at radius 1 is 0.700 bits per heavy atom. The van der Waals surface area contributed by atoms with E-state index in [0.717, 1.165) is 6.92 Å². The van der Waals surface area contributed by atoms with Crippen LogP contribution in [0.4, 0.5) is 57.1 Å². The molecule has 0 aliphatic heterocycles. The fourth-order valence-corrected chi connectivity index (χ4v) is 2.07. The number of carboxylic acid groups (broad SMARTS) is 1. The third kappa shape index (κ3) is 3.55. The van der Waals surface area contributed by atoms with E-state index in [1.807, 2.05) is 0 Å². The van der Waals surface area contributed by atoms with E-state index in [4.69, 9.17) is 5.11 Å². The molecule has 2 nitrogen and oxygen atoms in total. The molecule has 0 saturated carbocycles. The van der Waals surface area contributed by atoms with Crippen molar-refractivity contribution in [2.45, 2.75) is 48.6 Å². The van der Waals surface area contributed by atoms with Gasteiger partial charge in [0.15, 0.2) is 0 Å². The van der Waals surface area contributed by atoms with Gasteiger partial charge in [0.05, 0.1) is 5.92 Å². The molecule has 0 radical (unpaired) electrons. The van der Waals surface area contributed by atoms with Gasteiger partial charge >= 0.3 is 41.8 Å². The van der Waals surface area contributed by atoms with Crippen molar-refractivity contribution in [2.75, 3.05) is 0 Å². The van der Waals surface area contributed by atoms with Crippen LogP contribution in [-0.2, 0) is 10.7 Å². The minimum absolute atomic E-state index is 0.0845. The number of rotatable bonds is 7. The molecule has 0 bridgehead atoms. The monoisotopic (exact) mass is 468 g/mol. The number of benzene rings is 1. The molecule has 1 N–H and O–H groups in total. The zero-order valence-corrected chi connectivity index (χ0v) is 14.2. The molecule has 0 saturated heterocycles. The normalized spacial score (nSPS) is 15.8. The van der Waals surface area contributed by atoms with Crippen molar-refractivity contribution in [1.29, 1.82) is 0 Å². The second-order valence-electron chi connectivity index (χ2n) is 6.05. The van der Waals surface area contributed by atoms with Gasteiger partial charge in [-0.3, -0.25) is 4.79 Å². The highest BCUT2D eigenvalue weighted by molar-refractivity contribution is 5.75. The molecule has 1 aromatic rings. The average Bonchev–Trinajstić information content (AvgIpc) is 2.59. The smallest absolute Gasteiger partial charge is 0.460 e. The van der Waals surface area contributed by atoms with Crippen LogP contribution in [0.1, 0.15) is 24.0 Å². The lowest BCUT2D eigenvalue weighted by Gasteiger charge is -2.39. The molecule has 0 spiro atoms. The van der Waals surface area contributed by atoms with Gasteiger partial charge in [-0.25, -0.2) is 0 Å². The number of aliphatic carboxylic acids is 1. The van der Waals surface area contributed by atoms with Crippen LogP contribution < -0.4 is 0 Å². The molecule has 0 amide bonds. The summed E-state index contributed by atoms with van der Waals surface area (Å²) in [5, 5.41) is 8.72. The van der Waals surface area contributed by atoms with E-state index in [9.17, 15) is 61.9 Å². The lowest BCUT2D eigenvalue weighted by Crippen LogP contribution is -2.69. The average molecular weight is 468 g/mol. The fraction of sp³-hybridized carbons (Fsp3) is 0.533. The van der Waals surface area contributed by atoms with Crippen molar-refractivity contribution in [3.05, 3.63) is 35.4 Å². The summed E-state index contributed by atoms with van der Waals surface area (Å²) in [5.74, 6) is -40.4. The van der Waals surface area contributed by atoms with Crippen molar-refractivity contribution in [3.63, 3.8) is 0 Å².